The Bertz CT molecular complexity index is 559. The number of hydrogen-bond donors (Lipinski definition) is 1. The highest BCUT2D eigenvalue weighted by Gasteiger charge is 2.55. The first-order chi connectivity index (χ1) is 13.5. The molecule has 0 bridgehead atoms. The number of nitrogens with one attached hydrogen (secondary N) is 1. The first-order valence-corrected chi connectivity index (χ1v) is 11.9. The van der Waals surface area contributed by atoms with Gasteiger partial charge in [-0.25, -0.2) is 0 Å². The summed E-state index contributed by atoms with van der Waals surface area (Å²) in [4.78, 5) is 2.46. The molecule has 3 aliphatic rings. The smallest absolute Gasteiger partial charge is 0.256 e. The lowest BCUT2D eigenvalue weighted by atomic mass is 9.75. The second-order valence-corrected chi connectivity index (χ2v) is 11.3. The van der Waals surface area contributed by atoms with Gasteiger partial charge in [0.1, 0.15) is 6.61 Å². The van der Waals surface area contributed by atoms with Gasteiger partial charge in [0.15, 0.2) is 5.79 Å². The molecule has 3 fully saturated rings. The number of hydrogen-bond acceptors (Lipinski definition) is 5. The first kappa shape index (κ1) is 23.2. The molecular formula is C23H42N2O3S. The van der Waals surface area contributed by atoms with Crippen molar-refractivity contribution in [1.82, 2.24) is 10.2 Å². The van der Waals surface area contributed by atoms with E-state index in [1.807, 2.05) is 0 Å². The Morgan fingerprint density at radius 2 is 1.59 bits per heavy atom. The molecule has 1 saturated carbocycles. The van der Waals surface area contributed by atoms with E-state index in [0.29, 0.717) is 31.0 Å². The lowest BCUT2D eigenvalue weighted by Gasteiger charge is -2.59. The van der Waals surface area contributed by atoms with Gasteiger partial charge in [-0.1, -0.05) is 26.2 Å². The van der Waals surface area contributed by atoms with Crippen LogP contribution in [-0.2, 0) is 14.2 Å². The van der Waals surface area contributed by atoms with Crippen molar-refractivity contribution in [3.05, 3.63) is 0 Å². The van der Waals surface area contributed by atoms with Crippen LogP contribution in [0.15, 0.2) is 0 Å². The Hall–Kier alpha value is -0.430. The Kier molecular flexibility index (Phi) is 6.89. The monoisotopic (exact) mass is 426 g/mol. The molecule has 1 spiro atoms. The van der Waals surface area contributed by atoms with Crippen LogP contribution >= 0.6 is 12.2 Å². The van der Waals surface area contributed by atoms with Crippen LogP contribution in [0.5, 0.6) is 0 Å². The van der Waals surface area contributed by atoms with Crippen molar-refractivity contribution in [3.63, 3.8) is 0 Å². The highest BCUT2D eigenvalue weighted by molar-refractivity contribution is 7.80. The van der Waals surface area contributed by atoms with E-state index in [1.54, 1.807) is 0 Å². The molecule has 5 nitrogen and oxygen atoms in total. The third-order valence-corrected chi connectivity index (χ3v) is 7.92. The molecule has 0 unspecified atom stereocenters. The van der Waals surface area contributed by atoms with Crippen molar-refractivity contribution < 1.29 is 14.2 Å². The summed E-state index contributed by atoms with van der Waals surface area (Å²) in [6, 6.07) is 0.472. The van der Waals surface area contributed by atoms with Crippen molar-refractivity contribution in [2.75, 3.05) is 26.9 Å². The molecule has 2 saturated heterocycles. The average molecular weight is 427 g/mol. The minimum absolute atomic E-state index is 0.0238. The lowest BCUT2D eigenvalue weighted by Crippen LogP contribution is -2.67. The maximum atomic E-state index is 6.52. The number of nitrogens with zero attached hydrogens (tertiary/aromatic N) is 1. The molecule has 1 aliphatic carbocycles. The van der Waals surface area contributed by atoms with Crippen LogP contribution in [0.1, 0.15) is 86.0 Å². The summed E-state index contributed by atoms with van der Waals surface area (Å²) in [5.41, 5.74) is -0.0902. The molecule has 0 aromatic carbocycles. The van der Waals surface area contributed by atoms with Gasteiger partial charge in [-0.3, -0.25) is 4.90 Å². The normalized spacial score (nSPS) is 28.8. The zero-order valence-corrected chi connectivity index (χ0v) is 20.3. The van der Waals surface area contributed by atoms with E-state index in [0.717, 1.165) is 19.3 Å². The fraction of sp³-hybridized carbons (Fsp3) is 0.957. The van der Waals surface area contributed by atoms with Gasteiger partial charge in [-0.2, -0.15) is 0 Å². The summed E-state index contributed by atoms with van der Waals surface area (Å²) < 4.78 is 19.1. The molecule has 0 atom stereocenters. The van der Waals surface area contributed by atoms with E-state index in [1.165, 1.54) is 32.1 Å². The standard InChI is InChI=1S/C23H42N2O3S/c1-7-22(15-26-19(29)24-18-11-9-8-10-12-18)16-27-23(28-17-22)13-20(2,3)25(6)21(4,5)14-23/h18H,7-17H2,1-6H3,(H,24,29). The van der Waals surface area contributed by atoms with Crippen LogP contribution in [0.25, 0.3) is 0 Å². The second-order valence-electron chi connectivity index (χ2n) is 10.9. The molecule has 0 radical (unpaired) electrons. The van der Waals surface area contributed by atoms with Crippen molar-refractivity contribution in [2.45, 2.75) is 109 Å². The van der Waals surface area contributed by atoms with E-state index in [4.69, 9.17) is 26.4 Å². The van der Waals surface area contributed by atoms with Gasteiger partial charge >= 0.3 is 0 Å². The molecule has 0 aromatic heterocycles. The molecule has 168 valence electrons. The largest absolute Gasteiger partial charge is 0.470 e. The number of rotatable bonds is 4. The molecule has 2 heterocycles. The van der Waals surface area contributed by atoms with Gasteiger partial charge in [0.05, 0.1) is 18.6 Å². The first-order valence-electron chi connectivity index (χ1n) is 11.5. The summed E-state index contributed by atoms with van der Waals surface area (Å²) in [6.07, 6.45) is 8.99. The van der Waals surface area contributed by atoms with Crippen LogP contribution < -0.4 is 5.32 Å². The Balaban J connectivity index is 1.56. The fourth-order valence-electron chi connectivity index (χ4n) is 5.36. The average Bonchev–Trinajstić information content (AvgIpc) is 2.66. The van der Waals surface area contributed by atoms with Gasteiger partial charge in [-0.15, -0.1) is 0 Å². The number of ether oxygens (including phenoxy) is 3. The molecule has 6 heteroatoms. The zero-order chi connectivity index (χ0) is 21.3. The van der Waals surface area contributed by atoms with Crippen LogP contribution in [0.4, 0.5) is 0 Å². The van der Waals surface area contributed by atoms with Crippen LogP contribution in [-0.4, -0.2) is 59.8 Å². The summed E-state index contributed by atoms with van der Waals surface area (Å²) in [6.45, 7) is 13.2. The molecule has 2 aliphatic heterocycles. The van der Waals surface area contributed by atoms with Crippen LogP contribution in [0, 0.1) is 5.41 Å². The van der Waals surface area contributed by atoms with E-state index < -0.39 is 5.79 Å². The minimum atomic E-state index is -0.501. The Morgan fingerprint density at radius 3 is 2.10 bits per heavy atom. The van der Waals surface area contributed by atoms with E-state index >= 15 is 0 Å². The molecule has 3 rings (SSSR count). The zero-order valence-electron chi connectivity index (χ0n) is 19.4. The summed E-state index contributed by atoms with van der Waals surface area (Å²) >= 11 is 5.47. The van der Waals surface area contributed by atoms with Gasteiger partial charge in [0.2, 0.25) is 0 Å². The number of thiocarbonyl (C=S) groups is 1. The number of piperidine rings is 1. The van der Waals surface area contributed by atoms with Gasteiger partial charge in [0, 0.05) is 30.0 Å². The van der Waals surface area contributed by atoms with Crippen molar-refractivity contribution in [2.24, 2.45) is 5.41 Å². The van der Waals surface area contributed by atoms with E-state index in [2.05, 4.69) is 51.9 Å². The SMILES string of the molecule is CCC1(COC(=S)NC2CCCCC2)COC2(CC(C)(C)N(C)C(C)(C)C2)OC1. The fourth-order valence-corrected chi connectivity index (χ4v) is 5.58. The Morgan fingerprint density at radius 1 is 1.03 bits per heavy atom. The van der Waals surface area contributed by atoms with E-state index in [-0.39, 0.29) is 16.5 Å². The Labute approximate surface area is 183 Å². The van der Waals surface area contributed by atoms with Crippen LogP contribution in [0.2, 0.25) is 0 Å². The molecule has 29 heavy (non-hydrogen) atoms. The lowest BCUT2D eigenvalue weighted by molar-refractivity contribution is -0.343. The van der Waals surface area contributed by atoms with Crippen molar-refractivity contribution >= 4 is 17.4 Å². The van der Waals surface area contributed by atoms with Crippen molar-refractivity contribution in [3.8, 4) is 0 Å². The molecule has 0 aromatic rings. The highest BCUT2D eigenvalue weighted by atomic mass is 32.1. The molecule has 0 amide bonds. The molecule has 1 N–H and O–H groups in total. The molecular weight excluding hydrogens is 384 g/mol. The second kappa shape index (κ2) is 8.60. The van der Waals surface area contributed by atoms with Crippen LogP contribution in [0.3, 0.4) is 0 Å². The van der Waals surface area contributed by atoms with Gasteiger partial charge in [0.25, 0.3) is 5.17 Å². The topological polar surface area (TPSA) is 43.0 Å². The van der Waals surface area contributed by atoms with E-state index in [9.17, 15) is 0 Å². The number of likely N-dealkylation sites (tertiary alicyclic amines) is 1. The predicted molar refractivity (Wildman–Crippen MR) is 121 cm³/mol. The minimum Gasteiger partial charge on any atom is -0.470 e. The summed E-state index contributed by atoms with van der Waals surface area (Å²) in [5.74, 6) is -0.501. The third kappa shape index (κ3) is 5.25. The highest BCUT2D eigenvalue weighted by Crippen LogP contribution is 2.48. The summed E-state index contributed by atoms with van der Waals surface area (Å²) in [5, 5.41) is 3.94. The summed E-state index contributed by atoms with van der Waals surface area (Å²) in [7, 11) is 2.21. The quantitative estimate of drug-likeness (QED) is 0.661. The third-order valence-electron chi connectivity index (χ3n) is 7.69. The van der Waals surface area contributed by atoms with Crippen molar-refractivity contribution in [1.29, 1.82) is 0 Å². The van der Waals surface area contributed by atoms with Gasteiger partial charge < -0.3 is 19.5 Å². The maximum absolute atomic E-state index is 6.52. The predicted octanol–water partition coefficient (Wildman–Crippen LogP) is 4.63. The maximum Gasteiger partial charge on any atom is 0.256 e. The van der Waals surface area contributed by atoms with Gasteiger partial charge in [-0.05, 0) is 66.2 Å².